The number of ether oxygens (including phenoxy) is 1. The third-order valence-corrected chi connectivity index (χ3v) is 5.60. The fourth-order valence-corrected chi connectivity index (χ4v) is 3.56. The van der Waals surface area contributed by atoms with E-state index in [9.17, 15) is 4.79 Å². The van der Waals surface area contributed by atoms with E-state index in [1.807, 2.05) is 67.6 Å². The number of imidazole rings is 1. The molecule has 0 aliphatic carbocycles. The molecule has 0 aliphatic heterocycles. The summed E-state index contributed by atoms with van der Waals surface area (Å²) < 4.78 is 5.86. The molecular formula is C26H27N3O2. The molecule has 5 heteroatoms. The van der Waals surface area contributed by atoms with Crippen LogP contribution < -0.4 is 10.1 Å². The highest BCUT2D eigenvalue weighted by Crippen LogP contribution is 2.29. The number of anilines is 1. The van der Waals surface area contributed by atoms with Crippen LogP contribution in [0.4, 0.5) is 5.69 Å². The van der Waals surface area contributed by atoms with E-state index in [0.717, 1.165) is 51.4 Å². The van der Waals surface area contributed by atoms with Crippen molar-refractivity contribution in [3.63, 3.8) is 0 Å². The molecule has 0 fully saturated rings. The standard InChI is InChI=1S/C26H27N3O2/c1-4-17(2)20-9-5-8-12-24(20)31-16-25(30)27-23-15-19(14-13-18(23)3)26-28-21-10-6-7-11-22(21)29-26/h5-15,17H,4,16H2,1-3H3,(H,27,30)(H,28,29). The van der Waals surface area contributed by atoms with Crippen molar-refractivity contribution in [3.05, 3.63) is 77.9 Å². The number of amides is 1. The molecule has 2 N–H and O–H groups in total. The maximum atomic E-state index is 12.6. The third-order valence-electron chi connectivity index (χ3n) is 5.60. The van der Waals surface area contributed by atoms with Crippen molar-refractivity contribution in [2.45, 2.75) is 33.1 Å². The second-order valence-electron chi connectivity index (χ2n) is 7.82. The Morgan fingerprint density at radius 3 is 2.68 bits per heavy atom. The van der Waals surface area contributed by atoms with E-state index in [-0.39, 0.29) is 12.5 Å². The molecule has 0 spiro atoms. The van der Waals surface area contributed by atoms with E-state index in [1.54, 1.807) is 0 Å². The van der Waals surface area contributed by atoms with Gasteiger partial charge in [-0.25, -0.2) is 4.98 Å². The van der Waals surface area contributed by atoms with Gasteiger partial charge in [0.25, 0.3) is 5.91 Å². The minimum Gasteiger partial charge on any atom is -0.483 e. The van der Waals surface area contributed by atoms with Gasteiger partial charge in [-0.05, 0) is 54.7 Å². The molecule has 1 heterocycles. The van der Waals surface area contributed by atoms with Crippen LogP contribution in [0.3, 0.4) is 0 Å². The number of hydrogen-bond acceptors (Lipinski definition) is 3. The van der Waals surface area contributed by atoms with Crippen LogP contribution >= 0.6 is 0 Å². The summed E-state index contributed by atoms with van der Waals surface area (Å²) in [5, 5.41) is 2.98. The molecule has 3 aromatic carbocycles. The van der Waals surface area contributed by atoms with E-state index in [0.29, 0.717) is 5.92 Å². The number of aryl methyl sites for hydroxylation is 1. The molecule has 4 aromatic rings. The molecular weight excluding hydrogens is 386 g/mol. The van der Waals surface area contributed by atoms with Gasteiger partial charge in [-0.2, -0.15) is 0 Å². The fourth-order valence-electron chi connectivity index (χ4n) is 3.56. The summed E-state index contributed by atoms with van der Waals surface area (Å²) in [7, 11) is 0. The quantitative estimate of drug-likeness (QED) is 0.386. The first-order valence-corrected chi connectivity index (χ1v) is 10.6. The SMILES string of the molecule is CCC(C)c1ccccc1OCC(=O)Nc1cc(-c2nc3ccccc3[nH]2)ccc1C. The predicted molar refractivity (Wildman–Crippen MR) is 126 cm³/mol. The Hall–Kier alpha value is -3.60. The van der Waals surface area contributed by atoms with Crippen LogP contribution in [-0.4, -0.2) is 22.5 Å². The zero-order valence-corrected chi connectivity index (χ0v) is 18.1. The molecule has 31 heavy (non-hydrogen) atoms. The van der Waals surface area contributed by atoms with Crippen molar-refractivity contribution < 1.29 is 9.53 Å². The molecule has 0 radical (unpaired) electrons. The number of aromatic nitrogens is 2. The Labute approximate surface area is 182 Å². The number of carbonyl (C=O) groups is 1. The van der Waals surface area contributed by atoms with Gasteiger partial charge in [0.2, 0.25) is 0 Å². The van der Waals surface area contributed by atoms with Crippen LogP contribution in [0.15, 0.2) is 66.7 Å². The van der Waals surface area contributed by atoms with Gasteiger partial charge < -0.3 is 15.0 Å². The smallest absolute Gasteiger partial charge is 0.262 e. The highest BCUT2D eigenvalue weighted by molar-refractivity contribution is 5.93. The van der Waals surface area contributed by atoms with E-state index >= 15 is 0 Å². The van der Waals surface area contributed by atoms with Gasteiger partial charge in [0, 0.05) is 11.3 Å². The number of fused-ring (bicyclic) bond motifs is 1. The third kappa shape index (κ3) is 4.61. The summed E-state index contributed by atoms with van der Waals surface area (Å²) in [4.78, 5) is 20.6. The van der Waals surface area contributed by atoms with Gasteiger partial charge in [0.05, 0.1) is 11.0 Å². The number of aromatic amines is 1. The number of H-pyrrole nitrogens is 1. The minimum atomic E-state index is -0.191. The highest BCUT2D eigenvalue weighted by atomic mass is 16.5. The van der Waals surface area contributed by atoms with Gasteiger partial charge in [-0.3, -0.25) is 4.79 Å². The van der Waals surface area contributed by atoms with Crippen molar-refractivity contribution in [1.29, 1.82) is 0 Å². The summed E-state index contributed by atoms with van der Waals surface area (Å²) in [6.45, 7) is 6.24. The highest BCUT2D eigenvalue weighted by Gasteiger charge is 2.13. The first-order chi connectivity index (χ1) is 15.0. The zero-order valence-electron chi connectivity index (χ0n) is 18.1. The lowest BCUT2D eigenvalue weighted by Crippen LogP contribution is -2.21. The fraction of sp³-hybridized carbons (Fsp3) is 0.231. The lowest BCUT2D eigenvalue weighted by Gasteiger charge is -2.16. The Kier molecular flexibility index (Phi) is 6.03. The molecule has 1 amide bonds. The summed E-state index contributed by atoms with van der Waals surface area (Å²) >= 11 is 0. The second-order valence-corrected chi connectivity index (χ2v) is 7.82. The Morgan fingerprint density at radius 2 is 1.87 bits per heavy atom. The minimum absolute atomic E-state index is 0.0399. The molecule has 0 saturated heterocycles. The molecule has 0 bridgehead atoms. The normalized spacial score (nSPS) is 12.0. The van der Waals surface area contributed by atoms with Gasteiger partial charge >= 0.3 is 0 Å². The van der Waals surface area contributed by atoms with E-state index < -0.39 is 0 Å². The summed E-state index contributed by atoms with van der Waals surface area (Å²) in [6, 6.07) is 21.7. The van der Waals surface area contributed by atoms with Crippen molar-refractivity contribution in [2.75, 3.05) is 11.9 Å². The van der Waals surface area contributed by atoms with Crippen molar-refractivity contribution in [3.8, 4) is 17.1 Å². The monoisotopic (exact) mass is 413 g/mol. The first kappa shape index (κ1) is 20.7. The van der Waals surface area contributed by atoms with E-state index in [2.05, 4.69) is 35.2 Å². The molecule has 5 nitrogen and oxygen atoms in total. The van der Waals surface area contributed by atoms with E-state index in [4.69, 9.17) is 4.74 Å². The molecule has 0 saturated carbocycles. The summed E-state index contributed by atoms with van der Waals surface area (Å²) in [5.74, 6) is 1.72. The van der Waals surface area contributed by atoms with Crippen molar-refractivity contribution >= 4 is 22.6 Å². The maximum Gasteiger partial charge on any atom is 0.262 e. The van der Waals surface area contributed by atoms with E-state index in [1.165, 1.54) is 0 Å². The zero-order chi connectivity index (χ0) is 21.8. The van der Waals surface area contributed by atoms with Crippen molar-refractivity contribution in [1.82, 2.24) is 9.97 Å². The largest absolute Gasteiger partial charge is 0.483 e. The van der Waals surface area contributed by atoms with Gasteiger partial charge in [0.15, 0.2) is 6.61 Å². The second kappa shape index (κ2) is 9.04. The average molecular weight is 414 g/mol. The lowest BCUT2D eigenvalue weighted by molar-refractivity contribution is -0.118. The van der Waals surface area contributed by atoms with Crippen LogP contribution in [0.5, 0.6) is 5.75 Å². The molecule has 1 aromatic heterocycles. The number of nitrogens with one attached hydrogen (secondary N) is 2. The lowest BCUT2D eigenvalue weighted by atomic mass is 9.98. The van der Waals surface area contributed by atoms with Crippen LogP contribution in [0.25, 0.3) is 22.4 Å². The number of benzene rings is 3. The van der Waals surface area contributed by atoms with Crippen LogP contribution in [0.2, 0.25) is 0 Å². The average Bonchev–Trinajstić information content (AvgIpc) is 3.23. The molecule has 4 rings (SSSR count). The summed E-state index contributed by atoms with van der Waals surface area (Å²) in [5.41, 5.74) is 5.67. The van der Waals surface area contributed by atoms with Crippen LogP contribution in [-0.2, 0) is 4.79 Å². The Bertz CT molecular complexity index is 1180. The van der Waals surface area contributed by atoms with Gasteiger partial charge in [-0.15, -0.1) is 0 Å². The topological polar surface area (TPSA) is 67.0 Å². The molecule has 1 unspecified atom stereocenters. The number of carbonyl (C=O) groups excluding carboxylic acids is 1. The van der Waals surface area contributed by atoms with Gasteiger partial charge in [-0.1, -0.05) is 56.3 Å². The number of rotatable bonds is 7. The molecule has 0 aliphatic rings. The number of para-hydroxylation sites is 3. The Morgan fingerprint density at radius 1 is 1.10 bits per heavy atom. The summed E-state index contributed by atoms with van der Waals surface area (Å²) in [6.07, 6.45) is 1.01. The molecule has 1 atom stereocenters. The van der Waals surface area contributed by atoms with Crippen LogP contribution in [0.1, 0.15) is 37.3 Å². The molecule has 158 valence electrons. The number of hydrogen-bond donors (Lipinski definition) is 2. The maximum absolute atomic E-state index is 12.6. The first-order valence-electron chi connectivity index (χ1n) is 10.6. The number of nitrogens with zero attached hydrogens (tertiary/aromatic N) is 1. The van der Waals surface area contributed by atoms with Crippen molar-refractivity contribution in [2.24, 2.45) is 0 Å². The van der Waals surface area contributed by atoms with Gasteiger partial charge in [0.1, 0.15) is 11.6 Å². The predicted octanol–water partition coefficient (Wildman–Crippen LogP) is 6.07. The van der Waals surface area contributed by atoms with Crippen LogP contribution in [0, 0.1) is 6.92 Å². The Balaban J connectivity index is 1.48.